The van der Waals surface area contributed by atoms with Gasteiger partial charge in [0.05, 0.1) is 11.4 Å². The number of rotatable bonds is 5. The lowest BCUT2D eigenvalue weighted by Gasteiger charge is -2.06. The summed E-state index contributed by atoms with van der Waals surface area (Å²) in [6, 6.07) is 9.67. The van der Waals surface area contributed by atoms with Crippen LogP contribution in [0.15, 0.2) is 44.7 Å². The monoisotopic (exact) mass is 342 g/mol. The molecule has 24 heavy (non-hydrogen) atoms. The smallest absolute Gasteiger partial charge is 0.255 e. The minimum atomic E-state index is -0.139. The lowest BCUT2D eigenvalue weighted by Crippen LogP contribution is -2.14. The molecule has 0 spiro atoms. The number of nitrogens with one attached hydrogen (secondary N) is 1. The molecule has 3 rings (SSSR count). The van der Waals surface area contributed by atoms with E-state index >= 15 is 0 Å². The van der Waals surface area contributed by atoms with Gasteiger partial charge in [-0.25, -0.2) is 4.98 Å². The first-order chi connectivity index (χ1) is 11.5. The molecule has 0 saturated carbocycles. The molecule has 0 saturated heterocycles. The Morgan fingerprint density at radius 1 is 1.21 bits per heavy atom. The van der Waals surface area contributed by atoms with Crippen LogP contribution in [0.4, 0.5) is 0 Å². The van der Waals surface area contributed by atoms with Gasteiger partial charge in [-0.15, -0.1) is 10.2 Å². The molecule has 2 aromatic heterocycles. The summed E-state index contributed by atoms with van der Waals surface area (Å²) in [5.74, 6) is 1.78. The largest absolute Gasteiger partial charge is 0.424 e. The fraction of sp³-hybridized carbons (Fsp3) is 0.294. The topological polar surface area (TPSA) is 84.7 Å². The predicted octanol–water partition coefficient (Wildman–Crippen LogP) is 3.54. The van der Waals surface area contributed by atoms with Crippen LogP contribution in [-0.2, 0) is 5.75 Å². The van der Waals surface area contributed by atoms with Crippen molar-refractivity contribution in [3.63, 3.8) is 0 Å². The maximum atomic E-state index is 12.2. The van der Waals surface area contributed by atoms with Gasteiger partial charge in [-0.3, -0.25) is 4.79 Å². The highest BCUT2D eigenvalue weighted by Crippen LogP contribution is 2.24. The van der Waals surface area contributed by atoms with Gasteiger partial charge < -0.3 is 9.40 Å². The third-order valence-electron chi connectivity index (χ3n) is 3.49. The van der Waals surface area contributed by atoms with E-state index in [0.29, 0.717) is 33.9 Å². The van der Waals surface area contributed by atoms with E-state index < -0.39 is 0 Å². The van der Waals surface area contributed by atoms with Gasteiger partial charge in [0, 0.05) is 17.0 Å². The molecular formula is C17H18N4O2S. The summed E-state index contributed by atoms with van der Waals surface area (Å²) < 4.78 is 5.57. The fourth-order valence-corrected chi connectivity index (χ4v) is 2.84. The molecule has 0 amide bonds. The van der Waals surface area contributed by atoms with Crippen LogP contribution >= 0.6 is 11.8 Å². The molecule has 0 fully saturated rings. The summed E-state index contributed by atoms with van der Waals surface area (Å²) in [5.41, 5.74) is 2.07. The van der Waals surface area contributed by atoms with Crippen LogP contribution in [0.3, 0.4) is 0 Å². The summed E-state index contributed by atoms with van der Waals surface area (Å²) in [4.78, 5) is 19.5. The molecule has 124 valence electrons. The maximum absolute atomic E-state index is 12.2. The van der Waals surface area contributed by atoms with Crippen LogP contribution in [-0.4, -0.2) is 20.2 Å². The summed E-state index contributed by atoms with van der Waals surface area (Å²) in [5, 5.41) is 8.55. The Bertz CT molecular complexity index is 887. The predicted molar refractivity (Wildman–Crippen MR) is 93.0 cm³/mol. The van der Waals surface area contributed by atoms with Crippen molar-refractivity contribution in [2.24, 2.45) is 0 Å². The zero-order chi connectivity index (χ0) is 17.1. The molecule has 0 aliphatic carbocycles. The Balaban J connectivity index is 1.83. The highest BCUT2D eigenvalue weighted by atomic mass is 32.2. The first-order valence-electron chi connectivity index (χ1n) is 7.66. The number of aromatic nitrogens is 4. The van der Waals surface area contributed by atoms with Gasteiger partial charge in [-0.2, -0.15) is 0 Å². The average molecular weight is 342 g/mol. The van der Waals surface area contributed by atoms with Crippen LogP contribution in [0, 0.1) is 6.92 Å². The SMILES string of the molecule is Cc1c(-c2ccccc2)nc(SCc2nnc(C(C)C)o2)[nH]c1=O. The summed E-state index contributed by atoms with van der Waals surface area (Å²) in [7, 11) is 0. The first-order valence-corrected chi connectivity index (χ1v) is 8.64. The average Bonchev–Trinajstić information content (AvgIpc) is 3.06. The van der Waals surface area contributed by atoms with Crippen molar-refractivity contribution in [1.29, 1.82) is 0 Å². The summed E-state index contributed by atoms with van der Waals surface area (Å²) in [6.45, 7) is 5.76. The molecule has 1 N–H and O–H groups in total. The fourth-order valence-electron chi connectivity index (χ4n) is 2.15. The van der Waals surface area contributed by atoms with Crippen LogP contribution in [0.5, 0.6) is 0 Å². The second-order valence-electron chi connectivity index (χ2n) is 5.69. The van der Waals surface area contributed by atoms with Crippen molar-refractivity contribution >= 4 is 11.8 Å². The number of thioether (sulfide) groups is 1. The van der Waals surface area contributed by atoms with Gasteiger partial charge in [0.15, 0.2) is 5.16 Å². The Morgan fingerprint density at radius 3 is 2.62 bits per heavy atom. The van der Waals surface area contributed by atoms with Crippen LogP contribution in [0.2, 0.25) is 0 Å². The van der Waals surface area contributed by atoms with E-state index in [9.17, 15) is 4.79 Å². The standard InChI is InChI=1S/C17H18N4O2S/c1-10(2)16-21-20-13(23-16)9-24-17-18-14(11(3)15(22)19-17)12-7-5-4-6-8-12/h4-8,10H,9H2,1-3H3,(H,18,19,22). The van der Waals surface area contributed by atoms with Gasteiger partial charge in [0.1, 0.15) is 0 Å². The minimum absolute atomic E-state index is 0.139. The van der Waals surface area contributed by atoms with Crippen molar-refractivity contribution < 1.29 is 4.42 Å². The summed E-state index contributed by atoms with van der Waals surface area (Å²) >= 11 is 1.37. The molecule has 0 aliphatic rings. The van der Waals surface area contributed by atoms with Crippen molar-refractivity contribution in [2.45, 2.75) is 37.6 Å². The van der Waals surface area contributed by atoms with Gasteiger partial charge >= 0.3 is 0 Å². The molecule has 0 atom stereocenters. The van der Waals surface area contributed by atoms with E-state index in [1.54, 1.807) is 6.92 Å². The molecule has 6 nitrogen and oxygen atoms in total. The number of nitrogens with zero attached hydrogens (tertiary/aromatic N) is 3. The number of H-pyrrole nitrogens is 1. The quantitative estimate of drug-likeness (QED) is 0.564. The molecule has 1 aromatic carbocycles. The van der Waals surface area contributed by atoms with E-state index in [1.807, 2.05) is 44.2 Å². The molecule has 0 bridgehead atoms. The normalized spacial score (nSPS) is 11.2. The molecular weight excluding hydrogens is 324 g/mol. The third kappa shape index (κ3) is 3.56. The highest BCUT2D eigenvalue weighted by Gasteiger charge is 2.13. The molecule has 0 radical (unpaired) electrons. The second-order valence-corrected chi connectivity index (χ2v) is 6.65. The highest BCUT2D eigenvalue weighted by molar-refractivity contribution is 7.98. The van der Waals surface area contributed by atoms with Gasteiger partial charge in [0.2, 0.25) is 11.8 Å². The number of aromatic amines is 1. The molecule has 0 aliphatic heterocycles. The third-order valence-corrected chi connectivity index (χ3v) is 4.34. The molecule has 7 heteroatoms. The van der Waals surface area contributed by atoms with E-state index in [2.05, 4.69) is 20.2 Å². The van der Waals surface area contributed by atoms with Crippen LogP contribution in [0.1, 0.15) is 37.1 Å². The zero-order valence-electron chi connectivity index (χ0n) is 13.7. The van der Waals surface area contributed by atoms with Crippen LogP contribution in [0.25, 0.3) is 11.3 Å². The second kappa shape index (κ2) is 7.00. The van der Waals surface area contributed by atoms with Gasteiger partial charge in [0.25, 0.3) is 5.56 Å². The maximum Gasteiger partial charge on any atom is 0.255 e. The van der Waals surface area contributed by atoms with E-state index in [4.69, 9.17) is 4.42 Å². The Hall–Kier alpha value is -2.41. The lowest BCUT2D eigenvalue weighted by molar-refractivity contribution is 0.445. The Morgan fingerprint density at radius 2 is 1.96 bits per heavy atom. The van der Waals surface area contributed by atoms with E-state index in [1.165, 1.54) is 11.8 Å². The van der Waals surface area contributed by atoms with Crippen molar-refractivity contribution in [3.05, 3.63) is 58.0 Å². The number of hydrogen-bond acceptors (Lipinski definition) is 6. The van der Waals surface area contributed by atoms with E-state index in [0.717, 1.165) is 5.56 Å². The Labute approximate surface area is 143 Å². The van der Waals surface area contributed by atoms with Crippen LogP contribution < -0.4 is 5.56 Å². The Kier molecular flexibility index (Phi) is 4.80. The lowest BCUT2D eigenvalue weighted by atomic mass is 10.1. The van der Waals surface area contributed by atoms with Crippen molar-refractivity contribution in [1.82, 2.24) is 20.2 Å². The number of benzene rings is 1. The number of hydrogen-bond donors (Lipinski definition) is 1. The molecule has 0 unspecified atom stereocenters. The molecule has 3 aromatic rings. The molecule has 2 heterocycles. The minimum Gasteiger partial charge on any atom is -0.424 e. The summed E-state index contributed by atoms with van der Waals surface area (Å²) in [6.07, 6.45) is 0. The first kappa shape index (κ1) is 16.4. The van der Waals surface area contributed by atoms with Gasteiger partial charge in [-0.1, -0.05) is 55.9 Å². The van der Waals surface area contributed by atoms with Crippen molar-refractivity contribution in [3.8, 4) is 11.3 Å². The van der Waals surface area contributed by atoms with Gasteiger partial charge in [-0.05, 0) is 6.92 Å². The van der Waals surface area contributed by atoms with E-state index in [-0.39, 0.29) is 11.5 Å². The zero-order valence-corrected chi connectivity index (χ0v) is 14.6. The van der Waals surface area contributed by atoms with Crippen molar-refractivity contribution in [2.75, 3.05) is 0 Å².